The maximum Gasteiger partial charge on any atom is 0.161 e. The number of aryl methyl sites for hydroxylation is 2. The van der Waals surface area contributed by atoms with E-state index >= 15 is 0 Å². The summed E-state index contributed by atoms with van der Waals surface area (Å²) in [5, 5.41) is 4.13. The highest BCUT2D eigenvalue weighted by Crippen LogP contribution is 2.45. The Labute approximate surface area is 148 Å². The van der Waals surface area contributed by atoms with Gasteiger partial charge in [0, 0.05) is 11.5 Å². The van der Waals surface area contributed by atoms with E-state index in [0.717, 1.165) is 46.2 Å². The number of ether oxygens (including phenoxy) is 2. The fourth-order valence-corrected chi connectivity index (χ4v) is 4.29. The maximum absolute atomic E-state index is 5.56. The second kappa shape index (κ2) is 6.21. The third kappa shape index (κ3) is 2.53. The number of fused-ring (bicyclic) bond motifs is 3. The molecule has 2 atom stereocenters. The number of hydrogen-bond acceptors (Lipinski definition) is 5. The number of benzene rings is 1. The zero-order valence-electron chi connectivity index (χ0n) is 15.3. The minimum Gasteiger partial charge on any atom is -0.493 e. The van der Waals surface area contributed by atoms with Crippen LogP contribution in [0, 0.1) is 13.8 Å². The Morgan fingerprint density at radius 2 is 1.76 bits per heavy atom. The van der Waals surface area contributed by atoms with Crippen molar-refractivity contribution in [2.45, 2.75) is 51.5 Å². The summed E-state index contributed by atoms with van der Waals surface area (Å²) in [4.78, 5) is 5.16. The molecule has 0 bridgehead atoms. The Kier molecular flexibility index (Phi) is 4.02. The lowest BCUT2D eigenvalue weighted by molar-refractivity contribution is 0.349. The van der Waals surface area contributed by atoms with Crippen molar-refractivity contribution in [3.05, 3.63) is 40.3 Å². The standard InChI is InChI=1S/C20H24N2O3/c1-11-19(12(2)25-22-11)20-15-10-18(24-4)17(23-3)9-14(15)13-7-5-6-8-16(13)21-20/h9-10,13,16H,5-8H2,1-4H3/t13-,16-/m0/s1. The molecule has 1 aromatic carbocycles. The Morgan fingerprint density at radius 3 is 2.44 bits per heavy atom. The molecule has 25 heavy (non-hydrogen) atoms. The molecule has 4 rings (SSSR count). The van der Waals surface area contributed by atoms with Gasteiger partial charge in [-0.15, -0.1) is 0 Å². The maximum atomic E-state index is 5.56. The summed E-state index contributed by atoms with van der Waals surface area (Å²) in [6.45, 7) is 3.92. The topological polar surface area (TPSA) is 56.9 Å². The summed E-state index contributed by atoms with van der Waals surface area (Å²) >= 11 is 0. The highest BCUT2D eigenvalue weighted by molar-refractivity contribution is 6.16. The number of methoxy groups -OCH3 is 2. The molecule has 0 spiro atoms. The molecule has 132 valence electrons. The fourth-order valence-electron chi connectivity index (χ4n) is 4.29. The van der Waals surface area contributed by atoms with E-state index in [9.17, 15) is 0 Å². The van der Waals surface area contributed by atoms with Gasteiger partial charge in [0.05, 0.1) is 37.2 Å². The largest absolute Gasteiger partial charge is 0.493 e. The average Bonchev–Trinajstić information content (AvgIpc) is 2.98. The summed E-state index contributed by atoms with van der Waals surface area (Å²) in [6.07, 6.45) is 4.80. The van der Waals surface area contributed by atoms with Crippen molar-refractivity contribution in [3.63, 3.8) is 0 Å². The molecule has 1 saturated carbocycles. The molecular formula is C20H24N2O3. The van der Waals surface area contributed by atoms with Crippen molar-refractivity contribution in [3.8, 4) is 11.5 Å². The molecule has 2 aromatic rings. The third-order valence-corrected chi connectivity index (χ3v) is 5.50. The van der Waals surface area contributed by atoms with Gasteiger partial charge in [-0.1, -0.05) is 18.0 Å². The minimum atomic E-state index is 0.322. The first-order valence-electron chi connectivity index (χ1n) is 8.91. The van der Waals surface area contributed by atoms with Gasteiger partial charge in [-0.05, 0) is 44.4 Å². The molecule has 1 aliphatic carbocycles. The number of aromatic nitrogens is 1. The Balaban J connectivity index is 1.95. The first kappa shape index (κ1) is 16.2. The zero-order valence-corrected chi connectivity index (χ0v) is 15.3. The molecule has 1 aromatic heterocycles. The Bertz CT molecular complexity index is 818. The predicted molar refractivity (Wildman–Crippen MR) is 96.2 cm³/mol. The smallest absolute Gasteiger partial charge is 0.161 e. The summed E-state index contributed by atoms with van der Waals surface area (Å²) < 4.78 is 16.5. The summed E-state index contributed by atoms with van der Waals surface area (Å²) in [6, 6.07) is 4.52. The minimum absolute atomic E-state index is 0.322. The van der Waals surface area contributed by atoms with Gasteiger partial charge < -0.3 is 14.0 Å². The van der Waals surface area contributed by atoms with Gasteiger partial charge in [0.25, 0.3) is 0 Å². The molecule has 1 fully saturated rings. The van der Waals surface area contributed by atoms with Crippen LogP contribution in [0.3, 0.4) is 0 Å². The first-order valence-corrected chi connectivity index (χ1v) is 8.91. The van der Waals surface area contributed by atoms with Gasteiger partial charge in [-0.3, -0.25) is 4.99 Å². The molecule has 2 heterocycles. The zero-order chi connectivity index (χ0) is 17.6. The molecule has 5 nitrogen and oxygen atoms in total. The number of rotatable bonds is 3. The van der Waals surface area contributed by atoms with Crippen molar-refractivity contribution in [1.82, 2.24) is 5.16 Å². The molecule has 0 saturated heterocycles. The molecule has 0 amide bonds. The molecule has 2 aliphatic rings. The van der Waals surface area contributed by atoms with Crippen molar-refractivity contribution >= 4 is 5.71 Å². The van der Waals surface area contributed by atoms with E-state index in [1.165, 1.54) is 24.8 Å². The lowest BCUT2D eigenvalue weighted by Gasteiger charge is -2.35. The van der Waals surface area contributed by atoms with Gasteiger partial charge in [0.15, 0.2) is 11.5 Å². The van der Waals surface area contributed by atoms with Gasteiger partial charge in [-0.2, -0.15) is 0 Å². The van der Waals surface area contributed by atoms with Gasteiger partial charge in [0.2, 0.25) is 0 Å². The number of nitrogens with zero attached hydrogens (tertiary/aromatic N) is 2. The van der Waals surface area contributed by atoms with Crippen molar-refractivity contribution in [1.29, 1.82) is 0 Å². The van der Waals surface area contributed by atoms with Crippen LogP contribution in [0.4, 0.5) is 0 Å². The van der Waals surface area contributed by atoms with E-state index in [1.54, 1.807) is 14.2 Å². The number of hydrogen-bond donors (Lipinski definition) is 0. The van der Waals surface area contributed by atoms with Crippen LogP contribution in [-0.2, 0) is 0 Å². The Morgan fingerprint density at radius 1 is 1.04 bits per heavy atom. The molecule has 1 aliphatic heterocycles. The van der Waals surface area contributed by atoms with Gasteiger partial charge >= 0.3 is 0 Å². The quantitative estimate of drug-likeness (QED) is 0.841. The van der Waals surface area contributed by atoms with Crippen LogP contribution in [0.1, 0.15) is 59.7 Å². The van der Waals surface area contributed by atoms with E-state index in [0.29, 0.717) is 12.0 Å². The highest BCUT2D eigenvalue weighted by Gasteiger charge is 2.36. The summed E-state index contributed by atoms with van der Waals surface area (Å²) in [7, 11) is 3.36. The van der Waals surface area contributed by atoms with Crippen LogP contribution in [-0.4, -0.2) is 31.1 Å². The molecule has 5 heteroatoms. The summed E-state index contributed by atoms with van der Waals surface area (Å²) in [5.74, 6) is 2.78. The fraction of sp³-hybridized carbons (Fsp3) is 0.500. The SMILES string of the molecule is COc1cc2c(cc1OC)[C@@H]1CCCC[C@@H]1N=C2c1c(C)noc1C. The molecule has 0 N–H and O–H groups in total. The highest BCUT2D eigenvalue weighted by atomic mass is 16.5. The molecule has 0 radical (unpaired) electrons. The van der Waals surface area contributed by atoms with Gasteiger partial charge in [0.1, 0.15) is 5.76 Å². The lowest BCUT2D eigenvalue weighted by Crippen LogP contribution is -2.30. The van der Waals surface area contributed by atoms with E-state index in [-0.39, 0.29) is 0 Å². The first-order chi connectivity index (χ1) is 12.1. The van der Waals surface area contributed by atoms with E-state index in [1.807, 2.05) is 13.8 Å². The lowest BCUT2D eigenvalue weighted by atomic mass is 9.75. The number of aliphatic imine (C=N–C) groups is 1. The van der Waals surface area contributed by atoms with E-state index in [2.05, 4.69) is 17.3 Å². The second-order valence-electron chi connectivity index (χ2n) is 6.93. The van der Waals surface area contributed by atoms with Crippen LogP contribution in [0.5, 0.6) is 11.5 Å². The second-order valence-corrected chi connectivity index (χ2v) is 6.93. The van der Waals surface area contributed by atoms with Crippen molar-refractivity contribution in [2.24, 2.45) is 4.99 Å². The average molecular weight is 340 g/mol. The summed E-state index contributed by atoms with van der Waals surface area (Å²) in [5.41, 5.74) is 5.31. The van der Waals surface area contributed by atoms with Crippen molar-refractivity contribution < 1.29 is 14.0 Å². The Hall–Kier alpha value is -2.30. The van der Waals surface area contributed by atoms with Crippen LogP contribution >= 0.6 is 0 Å². The van der Waals surface area contributed by atoms with Crippen LogP contribution in [0.2, 0.25) is 0 Å². The van der Waals surface area contributed by atoms with Crippen LogP contribution in [0.15, 0.2) is 21.6 Å². The monoisotopic (exact) mass is 340 g/mol. The van der Waals surface area contributed by atoms with Crippen molar-refractivity contribution in [2.75, 3.05) is 14.2 Å². The predicted octanol–water partition coefficient (Wildman–Crippen LogP) is 4.19. The molecular weight excluding hydrogens is 316 g/mol. The van der Waals surface area contributed by atoms with E-state index in [4.69, 9.17) is 19.0 Å². The normalized spacial score (nSPS) is 22.0. The van der Waals surface area contributed by atoms with Crippen LogP contribution in [0.25, 0.3) is 0 Å². The molecule has 0 unspecified atom stereocenters. The van der Waals surface area contributed by atoms with Crippen LogP contribution < -0.4 is 9.47 Å². The third-order valence-electron chi connectivity index (χ3n) is 5.50. The van der Waals surface area contributed by atoms with Gasteiger partial charge in [-0.25, -0.2) is 0 Å². The van der Waals surface area contributed by atoms with E-state index < -0.39 is 0 Å².